The Hall–Kier alpha value is -1.77. The fraction of sp³-hybridized carbons (Fsp3) is 0.400. The number of carbonyl (C=O) groups is 1. The number of benzene rings is 1. The molecule has 96 valence electrons. The Labute approximate surface area is 108 Å². The standard InChI is InChI=1S/C15H20N2O/c18-15(17-14-9-5-2-6-10-14)16-12-11-13-7-3-1-4-8-13/h2,5-7,9-10H,1,3-4,8,11-12H2,(H2,16,17,18). The summed E-state index contributed by atoms with van der Waals surface area (Å²) >= 11 is 0. The van der Waals surface area contributed by atoms with Gasteiger partial charge < -0.3 is 10.6 Å². The van der Waals surface area contributed by atoms with Crippen molar-refractivity contribution >= 4 is 11.7 Å². The molecule has 0 radical (unpaired) electrons. The highest BCUT2D eigenvalue weighted by molar-refractivity contribution is 5.89. The van der Waals surface area contributed by atoms with Crippen LogP contribution in [0.4, 0.5) is 10.5 Å². The van der Waals surface area contributed by atoms with Crippen molar-refractivity contribution in [3.63, 3.8) is 0 Å². The molecule has 1 aliphatic rings. The summed E-state index contributed by atoms with van der Waals surface area (Å²) in [7, 11) is 0. The monoisotopic (exact) mass is 244 g/mol. The van der Waals surface area contributed by atoms with E-state index >= 15 is 0 Å². The summed E-state index contributed by atoms with van der Waals surface area (Å²) in [5.41, 5.74) is 2.31. The van der Waals surface area contributed by atoms with E-state index in [2.05, 4.69) is 16.7 Å². The highest BCUT2D eigenvalue weighted by Crippen LogP contribution is 2.19. The largest absolute Gasteiger partial charge is 0.338 e. The van der Waals surface area contributed by atoms with Gasteiger partial charge in [-0.15, -0.1) is 0 Å². The number of hydrogen-bond acceptors (Lipinski definition) is 1. The number of carbonyl (C=O) groups excluding carboxylic acids is 1. The average Bonchev–Trinajstić information content (AvgIpc) is 2.41. The van der Waals surface area contributed by atoms with Crippen LogP contribution in [0, 0.1) is 0 Å². The van der Waals surface area contributed by atoms with Crippen molar-refractivity contribution in [3.8, 4) is 0 Å². The number of anilines is 1. The van der Waals surface area contributed by atoms with E-state index in [4.69, 9.17) is 0 Å². The molecule has 0 aromatic heterocycles. The molecule has 0 fully saturated rings. The molecule has 1 aliphatic carbocycles. The summed E-state index contributed by atoms with van der Waals surface area (Å²) in [6.07, 6.45) is 8.30. The highest BCUT2D eigenvalue weighted by atomic mass is 16.2. The van der Waals surface area contributed by atoms with E-state index in [0.29, 0.717) is 6.54 Å². The fourth-order valence-corrected chi connectivity index (χ4v) is 2.17. The van der Waals surface area contributed by atoms with Gasteiger partial charge in [0, 0.05) is 12.2 Å². The van der Waals surface area contributed by atoms with Crippen LogP contribution in [0.5, 0.6) is 0 Å². The van der Waals surface area contributed by atoms with Gasteiger partial charge in [0.25, 0.3) is 0 Å². The molecule has 0 saturated heterocycles. The first-order valence-electron chi connectivity index (χ1n) is 6.62. The van der Waals surface area contributed by atoms with E-state index in [9.17, 15) is 4.79 Å². The zero-order valence-corrected chi connectivity index (χ0v) is 10.6. The van der Waals surface area contributed by atoms with Crippen molar-refractivity contribution in [1.82, 2.24) is 5.32 Å². The highest BCUT2D eigenvalue weighted by Gasteiger charge is 2.04. The Kier molecular flexibility index (Phi) is 4.82. The topological polar surface area (TPSA) is 41.1 Å². The molecule has 0 bridgehead atoms. The Morgan fingerprint density at radius 1 is 1.17 bits per heavy atom. The van der Waals surface area contributed by atoms with Crippen LogP contribution in [0.2, 0.25) is 0 Å². The molecular formula is C15H20N2O. The molecule has 3 heteroatoms. The maximum Gasteiger partial charge on any atom is 0.319 e. The molecule has 0 heterocycles. The Morgan fingerprint density at radius 2 is 2.00 bits per heavy atom. The molecular weight excluding hydrogens is 224 g/mol. The van der Waals surface area contributed by atoms with E-state index < -0.39 is 0 Å². The quantitative estimate of drug-likeness (QED) is 0.779. The van der Waals surface area contributed by atoms with Crippen LogP contribution in [-0.4, -0.2) is 12.6 Å². The molecule has 0 atom stereocenters. The number of hydrogen-bond donors (Lipinski definition) is 2. The maximum atomic E-state index is 11.6. The molecule has 1 aromatic carbocycles. The minimum Gasteiger partial charge on any atom is -0.338 e. The van der Waals surface area contributed by atoms with Gasteiger partial charge in [0.05, 0.1) is 0 Å². The van der Waals surface area contributed by atoms with Gasteiger partial charge in [-0.3, -0.25) is 0 Å². The second-order valence-corrected chi connectivity index (χ2v) is 4.61. The van der Waals surface area contributed by atoms with Crippen LogP contribution in [-0.2, 0) is 0 Å². The van der Waals surface area contributed by atoms with Gasteiger partial charge in [-0.1, -0.05) is 29.8 Å². The number of urea groups is 1. The van der Waals surface area contributed by atoms with E-state index in [0.717, 1.165) is 12.1 Å². The minimum atomic E-state index is -0.127. The summed E-state index contributed by atoms with van der Waals surface area (Å²) in [6.45, 7) is 0.713. The number of allylic oxidation sites excluding steroid dienone is 1. The van der Waals surface area contributed by atoms with Crippen LogP contribution in [0.1, 0.15) is 32.1 Å². The van der Waals surface area contributed by atoms with E-state index in [1.54, 1.807) is 0 Å². The normalized spacial score (nSPS) is 14.8. The molecule has 0 aliphatic heterocycles. The first-order valence-corrected chi connectivity index (χ1v) is 6.62. The Morgan fingerprint density at radius 3 is 2.72 bits per heavy atom. The predicted octanol–water partition coefficient (Wildman–Crippen LogP) is 3.70. The zero-order chi connectivity index (χ0) is 12.6. The van der Waals surface area contributed by atoms with Gasteiger partial charge in [0.15, 0.2) is 0 Å². The van der Waals surface area contributed by atoms with Crippen molar-refractivity contribution in [2.24, 2.45) is 0 Å². The summed E-state index contributed by atoms with van der Waals surface area (Å²) in [5.74, 6) is 0. The maximum absolute atomic E-state index is 11.6. The Balaban J connectivity index is 1.67. The molecule has 1 aromatic rings. The third-order valence-corrected chi connectivity index (χ3v) is 3.15. The molecule has 0 saturated carbocycles. The van der Waals surface area contributed by atoms with Crippen LogP contribution in [0.15, 0.2) is 42.0 Å². The van der Waals surface area contributed by atoms with Gasteiger partial charge in [0.1, 0.15) is 0 Å². The van der Waals surface area contributed by atoms with E-state index in [1.807, 2.05) is 30.3 Å². The second-order valence-electron chi connectivity index (χ2n) is 4.61. The number of rotatable bonds is 4. The lowest BCUT2D eigenvalue weighted by molar-refractivity contribution is 0.252. The molecule has 0 spiro atoms. The van der Waals surface area contributed by atoms with Crippen molar-refractivity contribution in [2.75, 3.05) is 11.9 Å². The van der Waals surface area contributed by atoms with Crippen molar-refractivity contribution < 1.29 is 4.79 Å². The summed E-state index contributed by atoms with van der Waals surface area (Å²) in [5, 5.41) is 5.70. The summed E-state index contributed by atoms with van der Waals surface area (Å²) < 4.78 is 0. The lowest BCUT2D eigenvalue weighted by Crippen LogP contribution is -2.29. The number of para-hydroxylation sites is 1. The lowest BCUT2D eigenvalue weighted by Gasteiger charge is -2.13. The third-order valence-electron chi connectivity index (χ3n) is 3.15. The molecule has 2 amide bonds. The van der Waals surface area contributed by atoms with Gasteiger partial charge in [0.2, 0.25) is 0 Å². The smallest absolute Gasteiger partial charge is 0.319 e. The SMILES string of the molecule is O=C(NCCC1=CCCCC1)Nc1ccccc1. The van der Waals surface area contributed by atoms with Crippen molar-refractivity contribution in [1.29, 1.82) is 0 Å². The molecule has 18 heavy (non-hydrogen) atoms. The van der Waals surface area contributed by atoms with Crippen LogP contribution < -0.4 is 10.6 Å². The fourth-order valence-electron chi connectivity index (χ4n) is 2.17. The number of nitrogens with one attached hydrogen (secondary N) is 2. The Bertz CT molecular complexity index is 412. The first-order chi connectivity index (χ1) is 8.84. The summed E-state index contributed by atoms with van der Waals surface area (Å²) in [6, 6.07) is 9.37. The third kappa shape index (κ3) is 4.24. The van der Waals surface area contributed by atoms with E-state index in [-0.39, 0.29) is 6.03 Å². The van der Waals surface area contributed by atoms with Gasteiger partial charge in [-0.05, 0) is 44.2 Å². The van der Waals surface area contributed by atoms with Crippen molar-refractivity contribution in [3.05, 3.63) is 42.0 Å². The predicted molar refractivity (Wildman–Crippen MR) is 74.6 cm³/mol. The van der Waals surface area contributed by atoms with Crippen LogP contribution in [0.25, 0.3) is 0 Å². The minimum absolute atomic E-state index is 0.127. The van der Waals surface area contributed by atoms with Gasteiger partial charge in [-0.25, -0.2) is 4.79 Å². The molecule has 3 nitrogen and oxygen atoms in total. The van der Waals surface area contributed by atoms with Crippen LogP contribution in [0.3, 0.4) is 0 Å². The molecule has 2 rings (SSSR count). The van der Waals surface area contributed by atoms with Crippen LogP contribution >= 0.6 is 0 Å². The lowest BCUT2D eigenvalue weighted by atomic mass is 9.97. The van der Waals surface area contributed by atoms with Gasteiger partial charge in [-0.2, -0.15) is 0 Å². The van der Waals surface area contributed by atoms with E-state index in [1.165, 1.54) is 31.3 Å². The molecule has 0 unspecified atom stereocenters. The van der Waals surface area contributed by atoms with Crippen molar-refractivity contribution in [2.45, 2.75) is 32.1 Å². The summed E-state index contributed by atoms with van der Waals surface area (Å²) in [4.78, 5) is 11.6. The second kappa shape index (κ2) is 6.84. The zero-order valence-electron chi connectivity index (χ0n) is 10.6. The first kappa shape index (κ1) is 12.7. The van der Waals surface area contributed by atoms with Gasteiger partial charge >= 0.3 is 6.03 Å². The number of amides is 2. The average molecular weight is 244 g/mol. The molecule has 2 N–H and O–H groups in total.